The normalized spacial score (nSPS) is 18.6. The van der Waals surface area contributed by atoms with E-state index >= 15 is 0 Å². The minimum atomic E-state index is -0.920. The van der Waals surface area contributed by atoms with Gasteiger partial charge in [0.25, 0.3) is 0 Å². The van der Waals surface area contributed by atoms with Crippen molar-refractivity contribution in [2.45, 2.75) is 43.6 Å². The number of carbonyl (C=O) groups is 1. The lowest BCUT2D eigenvalue weighted by Gasteiger charge is -2.11. The number of aromatic carboxylic acids is 1. The highest BCUT2D eigenvalue weighted by Crippen LogP contribution is 2.56. The molecule has 0 bridgehead atoms. The van der Waals surface area contributed by atoms with Gasteiger partial charge in [0.05, 0.1) is 21.2 Å². The smallest absolute Gasteiger partial charge is 0.335 e. The van der Waals surface area contributed by atoms with E-state index in [-0.39, 0.29) is 18.4 Å². The molecule has 8 heteroatoms. The van der Waals surface area contributed by atoms with Gasteiger partial charge in [-0.2, -0.15) is 0 Å². The molecular formula is C29H22Cl3NO4. The number of carboxylic acids is 1. The van der Waals surface area contributed by atoms with Gasteiger partial charge in [-0.1, -0.05) is 64.2 Å². The summed E-state index contributed by atoms with van der Waals surface area (Å²) in [6, 6.07) is 18.2. The summed E-state index contributed by atoms with van der Waals surface area (Å²) in [5.41, 5.74) is 4.44. The molecule has 4 aromatic rings. The highest BCUT2D eigenvalue weighted by Gasteiger charge is 2.41. The van der Waals surface area contributed by atoms with Crippen molar-refractivity contribution in [3.05, 3.63) is 104 Å². The van der Waals surface area contributed by atoms with Gasteiger partial charge in [-0.25, -0.2) is 4.79 Å². The van der Waals surface area contributed by atoms with Crippen molar-refractivity contribution in [2.24, 2.45) is 0 Å². The molecule has 188 valence electrons. The maximum absolute atomic E-state index is 11.3. The average molecular weight is 555 g/mol. The molecule has 0 spiro atoms. The first kappa shape index (κ1) is 24.4. The summed E-state index contributed by atoms with van der Waals surface area (Å²) in [6.45, 7) is 0.246. The largest absolute Gasteiger partial charge is 0.489 e. The SMILES string of the molecule is O=C(O)c1cccc([C@H]2C[C@H]2c2ccc(OCc3c(-c4c(Cl)cccc4Cl)noc3C3CC3)cc2Cl)c1. The molecule has 6 rings (SSSR count). The minimum absolute atomic E-state index is 0.246. The maximum atomic E-state index is 11.3. The topological polar surface area (TPSA) is 72.6 Å². The third-order valence-electron chi connectivity index (χ3n) is 7.07. The number of ether oxygens (including phenoxy) is 1. The molecule has 0 unspecified atom stereocenters. The first-order valence-electron chi connectivity index (χ1n) is 12.1. The van der Waals surface area contributed by atoms with Gasteiger partial charge in [0, 0.05) is 16.5 Å². The predicted molar refractivity (Wildman–Crippen MR) is 143 cm³/mol. The maximum Gasteiger partial charge on any atom is 0.335 e. The lowest BCUT2D eigenvalue weighted by molar-refractivity contribution is 0.0696. The van der Waals surface area contributed by atoms with E-state index < -0.39 is 5.97 Å². The second-order valence-electron chi connectivity index (χ2n) is 9.60. The van der Waals surface area contributed by atoms with Crippen LogP contribution in [0.3, 0.4) is 0 Å². The van der Waals surface area contributed by atoms with Gasteiger partial charge < -0.3 is 14.4 Å². The Morgan fingerprint density at radius 1 is 0.973 bits per heavy atom. The van der Waals surface area contributed by atoms with Crippen molar-refractivity contribution >= 4 is 40.8 Å². The van der Waals surface area contributed by atoms with Crippen molar-refractivity contribution in [1.29, 1.82) is 0 Å². The molecule has 0 amide bonds. The molecule has 2 aliphatic carbocycles. The van der Waals surface area contributed by atoms with Crippen LogP contribution < -0.4 is 4.74 Å². The van der Waals surface area contributed by atoms with E-state index in [1.807, 2.05) is 24.3 Å². The standard InChI is InChI=1S/C29H22Cl3NO4/c30-23-5-2-6-24(31)26(23)27-22(28(37-33-27)15-7-8-15)14-36-18-9-10-19(25(32)12-18)21-13-20(21)16-3-1-4-17(11-16)29(34)35/h1-6,9-12,15,20-21H,7-8,13-14H2,(H,34,35)/t20-,21+/m1/s1. The molecule has 2 aliphatic rings. The van der Waals surface area contributed by atoms with E-state index in [9.17, 15) is 9.90 Å². The summed E-state index contributed by atoms with van der Waals surface area (Å²) < 4.78 is 11.9. The van der Waals surface area contributed by atoms with Crippen LogP contribution in [-0.4, -0.2) is 16.2 Å². The van der Waals surface area contributed by atoms with Crippen LogP contribution in [0.5, 0.6) is 5.75 Å². The average Bonchev–Trinajstić information content (AvgIpc) is 3.81. The zero-order chi connectivity index (χ0) is 25.7. The molecule has 1 aromatic heterocycles. The first-order chi connectivity index (χ1) is 17.9. The summed E-state index contributed by atoms with van der Waals surface area (Å²) in [5.74, 6) is 1.37. The van der Waals surface area contributed by atoms with Crippen LogP contribution in [0.4, 0.5) is 0 Å². The van der Waals surface area contributed by atoms with Crippen LogP contribution >= 0.6 is 34.8 Å². The Bertz CT molecular complexity index is 1490. The van der Waals surface area contributed by atoms with Gasteiger partial charge in [0.1, 0.15) is 23.8 Å². The number of nitrogens with zero attached hydrogens (tertiary/aromatic N) is 1. The number of hydrogen-bond donors (Lipinski definition) is 1. The Kier molecular flexibility index (Phi) is 6.39. The zero-order valence-electron chi connectivity index (χ0n) is 19.6. The summed E-state index contributed by atoms with van der Waals surface area (Å²) in [7, 11) is 0. The number of aromatic nitrogens is 1. The molecule has 0 saturated heterocycles. The minimum Gasteiger partial charge on any atom is -0.489 e. The van der Waals surface area contributed by atoms with Gasteiger partial charge in [-0.05, 0) is 78.6 Å². The van der Waals surface area contributed by atoms with E-state index in [0.717, 1.165) is 41.7 Å². The third kappa shape index (κ3) is 4.84. The van der Waals surface area contributed by atoms with Crippen molar-refractivity contribution < 1.29 is 19.2 Å². The second kappa shape index (κ2) is 9.71. The molecule has 1 heterocycles. The first-order valence-corrected chi connectivity index (χ1v) is 13.2. The molecule has 2 atom stereocenters. The monoisotopic (exact) mass is 553 g/mol. The summed E-state index contributed by atoms with van der Waals surface area (Å²) >= 11 is 19.6. The highest BCUT2D eigenvalue weighted by atomic mass is 35.5. The lowest BCUT2D eigenvalue weighted by Crippen LogP contribution is -2.00. The van der Waals surface area contributed by atoms with Crippen LogP contribution in [0.15, 0.2) is 65.2 Å². The number of rotatable bonds is 8. The summed E-state index contributed by atoms with van der Waals surface area (Å²) in [6.07, 6.45) is 3.03. The zero-order valence-corrected chi connectivity index (χ0v) is 21.9. The summed E-state index contributed by atoms with van der Waals surface area (Å²) in [5, 5.41) is 15.2. The fourth-order valence-corrected chi connectivity index (χ4v) is 5.80. The molecule has 2 saturated carbocycles. The quantitative estimate of drug-likeness (QED) is 0.236. The van der Waals surface area contributed by atoms with E-state index in [1.165, 1.54) is 0 Å². The van der Waals surface area contributed by atoms with E-state index in [1.54, 1.807) is 36.4 Å². The van der Waals surface area contributed by atoms with Crippen molar-refractivity contribution in [3.8, 4) is 17.0 Å². The van der Waals surface area contributed by atoms with Crippen LogP contribution in [0.1, 0.15) is 69.8 Å². The van der Waals surface area contributed by atoms with Crippen molar-refractivity contribution in [2.75, 3.05) is 0 Å². The molecular weight excluding hydrogens is 533 g/mol. The van der Waals surface area contributed by atoms with Crippen LogP contribution in [0.2, 0.25) is 15.1 Å². The second-order valence-corrected chi connectivity index (χ2v) is 10.8. The molecule has 37 heavy (non-hydrogen) atoms. The Balaban J connectivity index is 1.21. The van der Waals surface area contributed by atoms with Crippen LogP contribution in [-0.2, 0) is 6.61 Å². The van der Waals surface area contributed by atoms with E-state index in [2.05, 4.69) is 5.16 Å². The van der Waals surface area contributed by atoms with E-state index in [4.69, 9.17) is 44.1 Å². The Morgan fingerprint density at radius 3 is 2.43 bits per heavy atom. The van der Waals surface area contributed by atoms with Gasteiger partial charge in [0.2, 0.25) is 0 Å². The molecule has 2 fully saturated rings. The lowest BCUT2D eigenvalue weighted by atomic mass is 10.0. The number of benzene rings is 3. The van der Waals surface area contributed by atoms with Crippen molar-refractivity contribution in [1.82, 2.24) is 5.16 Å². The van der Waals surface area contributed by atoms with Crippen LogP contribution in [0, 0.1) is 0 Å². The van der Waals surface area contributed by atoms with Crippen LogP contribution in [0.25, 0.3) is 11.3 Å². The Labute approximate surface area is 228 Å². The number of carboxylic acid groups (broad SMARTS) is 1. The molecule has 0 aliphatic heterocycles. The molecule has 0 radical (unpaired) electrons. The van der Waals surface area contributed by atoms with Crippen molar-refractivity contribution in [3.63, 3.8) is 0 Å². The van der Waals surface area contributed by atoms with Gasteiger partial charge in [0.15, 0.2) is 0 Å². The van der Waals surface area contributed by atoms with Gasteiger partial charge in [-0.15, -0.1) is 0 Å². The summed E-state index contributed by atoms with van der Waals surface area (Å²) in [4.78, 5) is 11.3. The molecule has 3 aromatic carbocycles. The predicted octanol–water partition coefficient (Wildman–Crippen LogP) is 8.73. The number of halogens is 3. The van der Waals surface area contributed by atoms with Gasteiger partial charge in [-0.3, -0.25) is 0 Å². The Morgan fingerprint density at radius 2 is 1.73 bits per heavy atom. The fourth-order valence-electron chi connectivity index (χ4n) is 4.91. The van der Waals surface area contributed by atoms with E-state index in [0.29, 0.717) is 43.6 Å². The fraction of sp³-hybridized carbons (Fsp3) is 0.241. The number of hydrogen-bond acceptors (Lipinski definition) is 4. The molecule has 1 N–H and O–H groups in total. The third-order valence-corrected chi connectivity index (χ3v) is 8.03. The highest BCUT2D eigenvalue weighted by molar-refractivity contribution is 6.39. The molecule has 5 nitrogen and oxygen atoms in total. The van der Waals surface area contributed by atoms with Gasteiger partial charge >= 0.3 is 5.97 Å². The Hall–Kier alpha value is -2.99.